The molecule has 1 aromatic heterocycles. The zero-order chi connectivity index (χ0) is 24.0. The van der Waals surface area contributed by atoms with Crippen molar-refractivity contribution in [2.75, 3.05) is 20.9 Å². The highest BCUT2D eigenvalue weighted by Gasteiger charge is 2.57. The van der Waals surface area contributed by atoms with Gasteiger partial charge in [0.05, 0.1) is 28.4 Å². The molecular formula is C22H28N2O7S. The monoisotopic (exact) mass is 464 g/mol. The third kappa shape index (κ3) is 4.29. The quantitative estimate of drug-likeness (QED) is 0.388. The number of hydrogen-bond donors (Lipinski definition) is 1. The first-order valence-corrected chi connectivity index (χ1v) is 11.1. The standard InChI is InChI=1S/C22H28N2O7S/c1-11(25)16-14-8-13(12-7-15(32-9-12)18(26)23(5)6)17(24(14)19(16)27)20(28)30-10-31-21(29)22(2,3)4/h7,9,11,14,16,25H,8,10H2,1-6H3/t11-,14-,16-/m1/s1. The minimum Gasteiger partial charge on any atom is -0.427 e. The van der Waals surface area contributed by atoms with Crippen molar-refractivity contribution >= 4 is 40.7 Å². The molecule has 3 rings (SSSR count). The molecule has 1 N–H and O–H groups in total. The van der Waals surface area contributed by atoms with Crippen LogP contribution in [0.3, 0.4) is 0 Å². The first-order valence-electron chi connectivity index (χ1n) is 10.2. The molecule has 0 radical (unpaired) electrons. The number of ether oxygens (including phenoxy) is 2. The largest absolute Gasteiger partial charge is 0.427 e. The van der Waals surface area contributed by atoms with Crippen molar-refractivity contribution < 1.29 is 33.8 Å². The van der Waals surface area contributed by atoms with Crippen LogP contribution in [-0.4, -0.2) is 71.7 Å². The van der Waals surface area contributed by atoms with Crippen molar-refractivity contribution in [1.82, 2.24) is 9.80 Å². The summed E-state index contributed by atoms with van der Waals surface area (Å²) in [5.74, 6) is -2.47. The second-order valence-corrected chi connectivity index (χ2v) is 10.1. The highest BCUT2D eigenvalue weighted by Crippen LogP contribution is 2.47. The number of esters is 2. The minimum atomic E-state index is -0.860. The number of carbonyl (C=O) groups is 4. The molecule has 9 nitrogen and oxygen atoms in total. The van der Waals surface area contributed by atoms with Crippen LogP contribution in [0, 0.1) is 11.3 Å². The zero-order valence-corrected chi connectivity index (χ0v) is 19.8. The third-order valence-electron chi connectivity index (χ3n) is 5.48. The number of fused-ring (bicyclic) bond motifs is 1. The molecule has 0 unspecified atom stereocenters. The fourth-order valence-electron chi connectivity index (χ4n) is 3.76. The van der Waals surface area contributed by atoms with Gasteiger partial charge < -0.3 is 24.4 Å². The Morgan fingerprint density at radius 2 is 1.94 bits per heavy atom. The van der Waals surface area contributed by atoms with E-state index in [1.807, 2.05) is 0 Å². The van der Waals surface area contributed by atoms with E-state index >= 15 is 0 Å². The summed E-state index contributed by atoms with van der Waals surface area (Å²) in [5, 5.41) is 11.8. The number of aliphatic hydroxyl groups excluding tert-OH is 1. The van der Waals surface area contributed by atoms with Crippen LogP contribution in [0.25, 0.3) is 5.57 Å². The maximum absolute atomic E-state index is 12.9. The van der Waals surface area contributed by atoms with Crippen LogP contribution < -0.4 is 0 Å². The van der Waals surface area contributed by atoms with Crippen molar-refractivity contribution in [3.05, 3.63) is 27.6 Å². The summed E-state index contributed by atoms with van der Waals surface area (Å²) in [6, 6.07) is 1.31. The predicted molar refractivity (Wildman–Crippen MR) is 116 cm³/mol. The molecule has 0 bridgehead atoms. The molecule has 0 saturated carbocycles. The Kier molecular flexibility index (Phi) is 6.48. The molecule has 1 aromatic rings. The van der Waals surface area contributed by atoms with Crippen molar-refractivity contribution in [1.29, 1.82) is 0 Å². The summed E-state index contributed by atoms with van der Waals surface area (Å²) in [6.45, 7) is 6.00. The van der Waals surface area contributed by atoms with E-state index in [0.29, 0.717) is 22.4 Å². The molecule has 32 heavy (non-hydrogen) atoms. The minimum absolute atomic E-state index is 0.0605. The van der Waals surface area contributed by atoms with Crippen molar-refractivity contribution in [2.24, 2.45) is 11.3 Å². The van der Waals surface area contributed by atoms with E-state index in [1.54, 1.807) is 53.2 Å². The van der Waals surface area contributed by atoms with Gasteiger partial charge in [-0.3, -0.25) is 14.4 Å². The lowest BCUT2D eigenvalue weighted by atomic mass is 9.82. The Hall–Kier alpha value is -2.72. The smallest absolute Gasteiger partial charge is 0.358 e. The number of nitrogens with zero attached hydrogens (tertiary/aromatic N) is 2. The molecule has 0 aliphatic carbocycles. The molecular weight excluding hydrogens is 436 g/mol. The fourth-order valence-corrected chi connectivity index (χ4v) is 4.71. The maximum atomic E-state index is 12.9. The first-order chi connectivity index (χ1) is 14.8. The highest BCUT2D eigenvalue weighted by atomic mass is 32.1. The lowest BCUT2D eigenvalue weighted by Gasteiger charge is -2.44. The molecule has 0 spiro atoms. The number of amides is 2. The van der Waals surface area contributed by atoms with Gasteiger partial charge in [-0.15, -0.1) is 11.3 Å². The van der Waals surface area contributed by atoms with Gasteiger partial charge in [-0.1, -0.05) is 0 Å². The van der Waals surface area contributed by atoms with Gasteiger partial charge in [0.25, 0.3) is 5.91 Å². The molecule has 174 valence electrons. The van der Waals surface area contributed by atoms with E-state index in [4.69, 9.17) is 9.47 Å². The second-order valence-electron chi connectivity index (χ2n) is 9.20. The third-order valence-corrected chi connectivity index (χ3v) is 6.40. The first kappa shape index (κ1) is 23.9. The lowest BCUT2D eigenvalue weighted by Crippen LogP contribution is -2.61. The van der Waals surface area contributed by atoms with Gasteiger partial charge in [0, 0.05) is 14.1 Å². The predicted octanol–water partition coefficient (Wildman–Crippen LogP) is 1.86. The van der Waals surface area contributed by atoms with Crippen LogP contribution in [0.2, 0.25) is 0 Å². The topological polar surface area (TPSA) is 113 Å². The maximum Gasteiger partial charge on any atom is 0.358 e. The fraction of sp³-hybridized carbons (Fsp3) is 0.545. The Balaban J connectivity index is 1.87. The van der Waals surface area contributed by atoms with Crippen LogP contribution in [-0.2, 0) is 23.9 Å². The molecule has 2 aliphatic heterocycles. The molecule has 10 heteroatoms. The van der Waals surface area contributed by atoms with Gasteiger partial charge in [-0.05, 0) is 56.7 Å². The Labute approximate surface area is 190 Å². The van der Waals surface area contributed by atoms with E-state index < -0.39 is 36.2 Å². The molecule has 3 atom stereocenters. The van der Waals surface area contributed by atoms with Crippen LogP contribution in [0.5, 0.6) is 0 Å². The lowest BCUT2D eigenvalue weighted by molar-refractivity contribution is -0.175. The van der Waals surface area contributed by atoms with Crippen molar-refractivity contribution in [2.45, 2.75) is 46.3 Å². The molecule has 3 heterocycles. The molecule has 0 aromatic carbocycles. The van der Waals surface area contributed by atoms with E-state index in [9.17, 15) is 24.3 Å². The summed E-state index contributed by atoms with van der Waals surface area (Å²) in [7, 11) is 3.30. The van der Waals surface area contributed by atoms with Crippen molar-refractivity contribution in [3.63, 3.8) is 0 Å². The number of thiophene rings is 1. The van der Waals surface area contributed by atoms with Crippen LogP contribution >= 0.6 is 11.3 Å². The zero-order valence-electron chi connectivity index (χ0n) is 19.0. The average Bonchev–Trinajstić information content (AvgIpc) is 3.28. The van der Waals surface area contributed by atoms with E-state index in [1.165, 1.54) is 21.1 Å². The summed E-state index contributed by atoms with van der Waals surface area (Å²) in [4.78, 5) is 53.1. The van der Waals surface area contributed by atoms with Crippen LogP contribution in [0.1, 0.15) is 49.4 Å². The number of aliphatic hydroxyl groups is 1. The van der Waals surface area contributed by atoms with Gasteiger partial charge in [0.15, 0.2) is 0 Å². The highest BCUT2D eigenvalue weighted by molar-refractivity contribution is 7.12. The SMILES string of the molecule is C[C@@H](O)[C@H]1C(=O)N2C(C(=O)OCOC(=O)C(C)(C)C)=C(c3csc(C(=O)N(C)C)c3)C[C@H]12. The van der Waals surface area contributed by atoms with Gasteiger partial charge in [0.1, 0.15) is 5.70 Å². The van der Waals surface area contributed by atoms with Gasteiger partial charge in [-0.25, -0.2) is 4.79 Å². The number of hydrogen-bond acceptors (Lipinski definition) is 8. The normalized spacial score (nSPS) is 21.1. The number of β-lactam (4-membered cyclic amide) rings is 1. The van der Waals surface area contributed by atoms with Crippen LogP contribution in [0.4, 0.5) is 0 Å². The number of carbonyl (C=O) groups excluding carboxylic acids is 4. The molecule has 1 saturated heterocycles. The molecule has 2 amide bonds. The molecule has 2 aliphatic rings. The van der Waals surface area contributed by atoms with Crippen molar-refractivity contribution in [3.8, 4) is 0 Å². The Morgan fingerprint density at radius 3 is 2.50 bits per heavy atom. The summed E-state index contributed by atoms with van der Waals surface area (Å²) in [6.07, 6.45) is -0.513. The van der Waals surface area contributed by atoms with Crippen LogP contribution in [0.15, 0.2) is 17.1 Å². The second kappa shape index (κ2) is 8.67. The van der Waals surface area contributed by atoms with Gasteiger partial charge in [-0.2, -0.15) is 0 Å². The summed E-state index contributed by atoms with van der Waals surface area (Å²) < 4.78 is 10.2. The summed E-state index contributed by atoms with van der Waals surface area (Å²) in [5.41, 5.74) is 0.516. The van der Waals surface area contributed by atoms with E-state index in [-0.39, 0.29) is 23.6 Å². The van der Waals surface area contributed by atoms with E-state index in [2.05, 4.69) is 0 Å². The van der Waals surface area contributed by atoms with Gasteiger partial charge >= 0.3 is 11.9 Å². The Morgan fingerprint density at radius 1 is 1.28 bits per heavy atom. The summed E-state index contributed by atoms with van der Waals surface area (Å²) >= 11 is 1.24. The molecule has 1 fully saturated rings. The van der Waals surface area contributed by atoms with Gasteiger partial charge in [0.2, 0.25) is 12.7 Å². The average molecular weight is 465 g/mol. The van der Waals surface area contributed by atoms with E-state index in [0.717, 1.165) is 0 Å². The number of rotatable bonds is 6. The Bertz CT molecular complexity index is 987.